The van der Waals surface area contributed by atoms with Crippen LogP contribution in [0.15, 0.2) is 42.9 Å². The minimum Gasteiger partial charge on any atom is -0.481 e. The van der Waals surface area contributed by atoms with Gasteiger partial charge < -0.3 is 15.4 Å². The van der Waals surface area contributed by atoms with Crippen LogP contribution in [0.25, 0.3) is 0 Å². The predicted octanol–water partition coefficient (Wildman–Crippen LogP) is 2.37. The van der Waals surface area contributed by atoms with Gasteiger partial charge in [-0.1, -0.05) is 0 Å². The number of hydrogen-bond acceptors (Lipinski definition) is 4. The van der Waals surface area contributed by atoms with Gasteiger partial charge in [0.05, 0.1) is 25.0 Å². The van der Waals surface area contributed by atoms with Gasteiger partial charge in [-0.3, -0.25) is 4.98 Å². The summed E-state index contributed by atoms with van der Waals surface area (Å²) in [5, 5.41) is 5.55. The van der Waals surface area contributed by atoms with Crippen LogP contribution >= 0.6 is 0 Å². The zero-order valence-corrected chi connectivity index (χ0v) is 11.3. The van der Waals surface area contributed by atoms with Crippen molar-refractivity contribution in [2.45, 2.75) is 13.0 Å². The minimum atomic E-state index is -0.290. The number of urea groups is 1. The Kier molecular flexibility index (Phi) is 4.49. The molecule has 2 rings (SSSR count). The first-order chi connectivity index (χ1) is 9.69. The van der Waals surface area contributed by atoms with E-state index in [0.717, 1.165) is 5.56 Å². The van der Waals surface area contributed by atoms with Crippen molar-refractivity contribution < 1.29 is 9.53 Å². The summed E-state index contributed by atoms with van der Waals surface area (Å²) in [7, 11) is 1.54. The van der Waals surface area contributed by atoms with Crippen LogP contribution in [0.2, 0.25) is 0 Å². The van der Waals surface area contributed by atoms with Crippen molar-refractivity contribution in [1.82, 2.24) is 15.3 Å². The lowest BCUT2D eigenvalue weighted by Gasteiger charge is -2.14. The van der Waals surface area contributed by atoms with E-state index in [-0.39, 0.29) is 12.1 Å². The van der Waals surface area contributed by atoms with E-state index in [1.54, 1.807) is 31.6 Å². The fraction of sp³-hybridized carbons (Fsp3) is 0.214. The first-order valence-corrected chi connectivity index (χ1v) is 6.16. The Morgan fingerprint density at radius 2 is 2.00 bits per heavy atom. The maximum absolute atomic E-state index is 11.9. The van der Waals surface area contributed by atoms with Crippen LogP contribution in [-0.4, -0.2) is 23.1 Å². The Labute approximate surface area is 117 Å². The van der Waals surface area contributed by atoms with Gasteiger partial charge in [-0.2, -0.15) is 0 Å². The number of aromatic nitrogens is 2. The van der Waals surface area contributed by atoms with Crippen molar-refractivity contribution in [2.75, 3.05) is 12.4 Å². The zero-order valence-electron chi connectivity index (χ0n) is 11.3. The molecule has 2 aromatic heterocycles. The number of amides is 2. The fourth-order valence-corrected chi connectivity index (χ4v) is 1.67. The first-order valence-electron chi connectivity index (χ1n) is 6.16. The third-order valence-electron chi connectivity index (χ3n) is 2.76. The second-order valence-corrected chi connectivity index (χ2v) is 4.19. The summed E-state index contributed by atoms with van der Waals surface area (Å²) in [5.74, 6) is 0.501. The van der Waals surface area contributed by atoms with Gasteiger partial charge >= 0.3 is 6.03 Å². The average molecular weight is 272 g/mol. The summed E-state index contributed by atoms with van der Waals surface area (Å²) in [4.78, 5) is 19.8. The number of nitrogens with zero attached hydrogens (tertiary/aromatic N) is 2. The number of pyridine rings is 2. The molecule has 0 aromatic carbocycles. The second kappa shape index (κ2) is 6.51. The Morgan fingerprint density at radius 3 is 2.60 bits per heavy atom. The molecule has 0 saturated heterocycles. The molecular formula is C14H16N4O2. The van der Waals surface area contributed by atoms with Crippen LogP contribution < -0.4 is 15.4 Å². The molecule has 0 bridgehead atoms. The number of methoxy groups -OCH3 is 1. The van der Waals surface area contributed by atoms with E-state index in [9.17, 15) is 4.79 Å². The van der Waals surface area contributed by atoms with Gasteiger partial charge in [-0.05, 0) is 30.7 Å². The Bertz CT molecular complexity index is 557. The van der Waals surface area contributed by atoms with E-state index < -0.39 is 0 Å². The predicted molar refractivity (Wildman–Crippen MR) is 75.6 cm³/mol. The lowest BCUT2D eigenvalue weighted by Crippen LogP contribution is -2.31. The largest absolute Gasteiger partial charge is 0.481 e. The summed E-state index contributed by atoms with van der Waals surface area (Å²) in [5.41, 5.74) is 1.59. The highest BCUT2D eigenvalue weighted by Crippen LogP contribution is 2.13. The van der Waals surface area contributed by atoms with Gasteiger partial charge in [-0.15, -0.1) is 0 Å². The molecule has 0 spiro atoms. The number of anilines is 1. The van der Waals surface area contributed by atoms with Crippen molar-refractivity contribution >= 4 is 11.7 Å². The van der Waals surface area contributed by atoms with Crippen molar-refractivity contribution in [2.24, 2.45) is 0 Å². The van der Waals surface area contributed by atoms with Crippen LogP contribution in [0.4, 0.5) is 10.5 Å². The molecule has 2 heterocycles. The van der Waals surface area contributed by atoms with Crippen LogP contribution in [0.1, 0.15) is 18.5 Å². The molecule has 104 valence electrons. The third-order valence-corrected chi connectivity index (χ3v) is 2.76. The molecule has 20 heavy (non-hydrogen) atoms. The summed E-state index contributed by atoms with van der Waals surface area (Å²) < 4.78 is 4.95. The summed E-state index contributed by atoms with van der Waals surface area (Å²) in [6.45, 7) is 1.90. The van der Waals surface area contributed by atoms with E-state index in [1.807, 2.05) is 19.1 Å². The molecule has 0 aliphatic heterocycles. The molecule has 1 unspecified atom stereocenters. The molecule has 2 aromatic rings. The van der Waals surface area contributed by atoms with Crippen LogP contribution in [0.5, 0.6) is 5.88 Å². The number of rotatable bonds is 4. The van der Waals surface area contributed by atoms with Crippen molar-refractivity contribution in [3.63, 3.8) is 0 Å². The van der Waals surface area contributed by atoms with Gasteiger partial charge in [0.1, 0.15) is 0 Å². The Balaban J connectivity index is 1.91. The normalized spacial score (nSPS) is 11.5. The molecule has 1 atom stereocenters. The van der Waals surface area contributed by atoms with Gasteiger partial charge in [-0.25, -0.2) is 9.78 Å². The molecule has 0 fully saturated rings. The SMILES string of the molecule is COc1ccc(NC(=O)NC(C)c2ccncc2)cn1. The lowest BCUT2D eigenvalue weighted by atomic mass is 10.1. The molecule has 2 amide bonds. The molecule has 2 N–H and O–H groups in total. The van der Waals surface area contributed by atoms with E-state index in [0.29, 0.717) is 11.6 Å². The van der Waals surface area contributed by atoms with E-state index >= 15 is 0 Å². The molecule has 0 aliphatic carbocycles. The zero-order chi connectivity index (χ0) is 14.4. The molecule has 0 aliphatic rings. The second-order valence-electron chi connectivity index (χ2n) is 4.19. The molecule has 0 saturated carbocycles. The highest BCUT2D eigenvalue weighted by Gasteiger charge is 2.09. The maximum Gasteiger partial charge on any atom is 0.319 e. The summed E-state index contributed by atoms with van der Waals surface area (Å²) >= 11 is 0. The highest BCUT2D eigenvalue weighted by atomic mass is 16.5. The molecule has 6 heteroatoms. The topological polar surface area (TPSA) is 76.1 Å². The molecular weight excluding hydrogens is 256 g/mol. The minimum absolute atomic E-state index is 0.107. The van der Waals surface area contributed by atoms with Crippen LogP contribution in [0, 0.1) is 0 Å². The molecule has 6 nitrogen and oxygen atoms in total. The summed E-state index contributed by atoms with van der Waals surface area (Å²) in [6, 6.07) is 6.73. The van der Waals surface area contributed by atoms with Crippen LogP contribution in [0.3, 0.4) is 0 Å². The Hall–Kier alpha value is -2.63. The number of ether oxygens (including phenoxy) is 1. The Morgan fingerprint density at radius 1 is 1.25 bits per heavy atom. The number of carbonyl (C=O) groups excluding carboxylic acids is 1. The molecule has 0 radical (unpaired) electrons. The fourth-order valence-electron chi connectivity index (χ4n) is 1.67. The summed E-state index contributed by atoms with van der Waals surface area (Å²) in [6.07, 6.45) is 4.92. The van der Waals surface area contributed by atoms with E-state index in [4.69, 9.17) is 4.74 Å². The van der Waals surface area contributed by atoms with E-state index in [2.05, 4.69) is 20.6 Å². The third kappa shape index (κ3) is 3.68. The monoisotopic (exact) mass is 272 g/mol. The van der Waals surface area contributed by atoms with Gasteiger partial charge in [0.2, 0.25) is 5.88 Å². The van der Waals surface area contributed by atoms with E-state index in [1.165, 1.54) is 6.20 Å². The number of nitrogens with one attached hydrogen (secondary N) is 2. The van der Waals surface area contributed by atoms with Gasteiger partial charge in [0.25, 0.3) is 0 Å². The standard InChI is InChI=1S/C14H16N4O2/c1-10(11-5-7-15-8-6-11)17-14(19)18-12-3-4-13(20-2)16-9-12/h3-10H,1-2H3,(H2,17,18,19). The highest BCUT2D eigenvalue weighted by molar-refractivity contribution is 5.89. The van der Waals surface area contributed by atoms with Gasteiger partial charge in [0, 0.05) is 18.5 Å². The first kappa shape index (κ1) is 13.8. The smallest absolute Gasteiger partial charge is 0.319 e. The lowest BCUT2D eigenvalue weighted by molar-refractivity contribution is 0.249. The van der Waals surface area contributed by atoms with Crippen LogP contribution in [-0.2, 0) is 0 Å². The van der Waals surface area contributed by atoms with Crippen molar-refractivity contribution in [1.29, 1.82) is 0 Å². The van der Waals surface area contributed by atoms with Crippen molar-refractivity contribution in [3.05, 3.63) is 48.4 Å². The number of carbonyl (C=O) groups is 1. The maximum atomic E-state index is 11.9. The number of hydrogen-bond donors (Lipinski definition) is 2. The van der Waals surface area contributed by atoms with Crippen molar-refractivity contribution in [3.8, 4) is 5.88 Å². The quantitative estimate of drug-likeness (QED) is 0.895. The van der Waals surface area contributed by atoms with Gasteiger partial charge in [0.15, 0.2) is 0 Å². The average Bonchev–Trinajstić information content (AvgIpc) is 2.49.